The van der Waals surface area contributed by atoms with Gasteiger partial charge in [-0.25, -0.2) is 0 Å². The monoisotopic (exact) mass is 239 g/mol. The van der Waals surface area contributed by atoms with Crippen molar-refractivity contribution in [2.75, 3.05) is 6.54 Å². The predicted molar refractivity (Wildman–Crippen MR) is 69.9 cm³/mol. The summed E-state index contributed by atoms with van der Waals surface area (Å²) in [6.07, 6.45) is 4.59. The van der Waals surface area contributed by atoms with Crippen molar-refractivity contribution in [1.82, 2.24) is 5.32 Å². The summed E-state index contributed by atoms with van der Waals surface area (Å²) < 4.78 is 0. The lowest BCUT2D eigenvalue weighted by atomic mass is 9.65. The molecule has 0 heterocycles. The summed E-state index contributed by atoms with van der Waals surface area (Å²) in [5.41, 5.74) is -0.764. The van der Waals surface area contributed by atoms with Crippen LogP contribution in [0.2, 0.25) is 0 Å². The van der Waals surface area contributed by atoms with Crippen molar-refractivity contribution < 1.29 is 9.90 Å². The maximum Gasteiger partial charge on any atom is 0.324 e. The standard InChI is InChI=1S/C14H25NO2/c1-5-8-15-14(13(16)17)9-11(4)6-7-12(14)10(2)3/h5,10-12,15H,1,6-9H2,2-4H3,(H,16,17). The Labute approximate surface area is 104 Å². The van der Waals surface area contributed by atoms with E-state index in [0.29, 0.717) is 18.4 Å². The molecule has 1 saturated carbocycles. The molecule has 0 bridgehead atoms. The number of hydrogen-bond donors (Lipinski definition) is 2. The van der Waals surface area contributed by atoms with Crippen molar-refractivity contribution >= 4 is 5.97 Å². The van der Waals surface area contributed by atoms with Gasteiger partial charge in [-0.1, -0.05) is 33.3 Å². The van der Waals surface area contributed by atoms with Crippen LogP contribution in [0.1, 0.15) is 40.0 Å². The quantitative estimate of drug-likeness (QED) is 0.725. The average Bonchev–Trinajstić information content (AvgIpc) is 2.25. The third kappa shape index (κ3) is 2.89. The fourth-order valence-electron chi connectivity index (χ4n) is 3.20. The third-order valence-corrected chi connectivity index (χ3v) is 4.02. The molecule has 0 amide bonds. The van der Waals surface area contributed by atoms with E-state index in [1.807, 2.05) is 0 Å². The van der Waals surface area contributed by atoms with Gasteiger partial charge in [0.2, 0.25) is 0 Å². The second-order valence-corrected chi connectivity index (χ2v) is 5.68. The minimum atomic E-state index is -0.764. The van der Waals surface area contributed by atoms with Crippen LogP contribution in [0.4, 0.5) is 0 Å². The van der Waals surface area contributed by atoms with Crippen LogP contribution in [0.15, 0.2) is 12.7 Å². The molecule has 98 valence electrons. The Bertz CT molecular complexity index is 288. The summed E-state index contributed by atoms with van der Waals surface area (Å²) in [5, 5.41) is 12.9. The van der Waals surface area contributed by atoms with Gasteiger partial charge in [-0.2, -0.15) is 0 Å². The van der Waals surface area contributed by atoms with Gasteiger partial charge < -0.3 is 5.11 Å². The Morgan fingerprint density at radius 1 is 1.59 bits per heavy atom. The minimum absolute atomic E-state index is 0.205. The predicted octanol–water partition coefficient (Wildman–Crippen LogP) is 2.68. The van der Waals surface area contributed by atoms with Crippen LogP contribution >= 0.6 is 0 Å². The molecule has 3 atom stereocenters. The number of aliphatic carboxylic acids is 1. The van der Waals surface area contributed by atoms with E-state index >= 15 is 0 Å². The van der Waals surface area contributed by atoms with Crippen LogP contribution in [0.3, 0.4) is 0 Å². The zero-order valence-corrected chi connectivity index (χ0v) is 11.2. The molecule has 0 aliphatic heterocycles. The molecule has 1 rings (SSSR count). The molecule has 17 heavy (non-hydrogen) atoms. The van der Waals surface area contributed by atoms with Gasteiger partial charge in [0.15, 0.2) is 0 Å². The van der Waals surface area contributed by atoms with Crippen LogP contribution < -0.4 is 5.32 Å². The van der Waals surface area contributed by atoms with Gasteiger partial charge in [0.05, 0.1) is 0 Å². The third-order valence-electron chi connectivity index (χ3n) is 4.02. The molecule has 0 spiro atoms. The van der Waals surface area contributed by atoms with Gasteiger partial charge in [-0.15, -0.1) is 6.58 Å². The van der Waals surface area contributed by atoms with Crippen molar-refractivity contribution in [2.24, 2.45) is 17.8 Å². The van der Waals surface area contributed by atoms with Crippen LogP contribution in [-0.4, -0.2) is 23.2 Å². The van der Waals surface area contributed by atoms with E-state index in [-0.39, 0.29) is 5.92 Å². The molecule has 0 saturated heterocycles. The van der Waals surface area contributed by atoms with Crippen LogP contribution in [-0.2, 0) is 4.79 Å². The first-order valence-electron chi connectivity index (χ1n) is 6.53. The van der Waals surface area contributed by atoms with Gasteiger partial charge in [-0.05, 0) is 30.6 Å². The van der Waals surface area contributed by atoms with Crippen molar-refractivity contribution in [3.05, 3.63) is 12.7 Å². The number of carboxylic acids is 1. The van der Waals surface area contributed by atoms with E-state index in [1.54, 1.807) is 6.08 Å². The smallest absolute Gasteiger partial charge is 0.324 e. The summed E-state index contributed by atoms with van der Waals surface area (Å²) in [6.45, 7) is 10.6. The highest BCUT2D eigenvalue weighted by Crippen LogP contribution is 2.41. The summed E-state index contributed by atoms with van der Waals surface area (Å²) in [4.78, 5) is 11.7. The molecule has 1 fully saturated rings. The Morgan fingerprint density at radius 2 is 2.24 bits per heavy atom. The summed E-state index contributed by atoms with van der Waals surface area (Å²) in [6, 6.07) is 0. The minimum Gasteiger partial charge on any atom is -0.480 e. The molecular weight excluding hydrogens is 214 g/mol. The first kappa shape index (κ1) is 14.2. The zero-order valence-electron chi connectivity index (χ0n) is 11.2. The van der Waals surface area contributed by atoms with Gasteiger partial charge >= 0.3 is 5.97 Å². The van der Waals surface area contributed by atoms with Gasteiger partial charge in [-0.3, -0.25) is 10.1 Å². The fraction of sp³-hybridized carbons (Fsp3) is 0.786. The molecule has 1 aliphatic carbocycles. The lowest BCUT2D eigenvalue weighted by molar-refractivity contribution is -0.151. The number of carbonyl (C=O) groups is 1. The summed E-state index contributed by atoms with van der Waals surface area (Å²) >= 11 is 0. The first-order chi connectivity index (χ1) is 7.94. The van der Waals surface area contributed by atoms with E-state index in [2.05, 4.69) is 32.7 Å². The molecule has 3 heteroatoms. The Morgan fingerprint density at radius 3 is 2.71 bits per heavy atom. The van der Waals surface area contributed by atoms with Gasteiger partial charge in [0.25, 0.3) is 0 Å². The second kappa shape index (κ2) is 5.67. The molecule has 0 aromatic heterocycles. The Balaban J connectivity index is 3.00. The number of carboxylic acid groups (broad SMARTS) is 1. The number of hydrogen-bond acceptors (Lipinski definition) is 2. The van der Waals surface area contributed by atoms with Crippen LogP contribution in [0.5, 0.6) is 0 Å². The zero-order chi connectivity index (χ0) is 13.1. The maximum atomic E-state index is 11.7. The van der Waals surface area contributed by atoms with Crippen LogP contribution in [0.25, 0.3) is 0 Å². The number of rotatable bonds is 5. The lowest BCUT2D eigenvalue weighted by Gasteiger charge is -2.45. The topological polar surface area (TPSA) is 49.3 Å². The van der Waals surface area contributed by atoms with Gasteiger partial charge in [0, 0.05) is 6.54 Å². The van der Waals surface area contributed by atoms with E-state index in [9.17, 15) is 9.90 Å². The SMILES string of the molecule is C=CCNC1(C(=O)O)CC(C)CCC1C(C)C. The molecule has 0 aromatic carbocycles. The van der Waals surface area contributed by atoms with E-state index in [1.165, 1.54) is 0 Å². The first-order valence-corrected chi connectivity index (χ1v) is 6.53. The fourth-order valence-corrected chi connectivity index (χ4v) is 3.20. The van der Waals surface area contributed by atoms with Gasteiger partial charge in [0.1, 0.15) is 5.54 Å². The summed E-state index contributed by atoms with van der Waals surface area (Å²) in [7, 11) is 0. The highest BCUT2D eigenvalue weighted by atomic mass is 16.4. The molecule has 3 nitrogen and oxygen atoms in total. The molecular formula is C14H25NO2. The van der Waals surface area contributed by atoms with Crippen molar-refractivity contribution in [1.29, 1.82) is 0 Å². The van der Waals surface area contributed by atoms with Crippen molar-refractivity contribution in [2.45, 2.75) is 45.6 Å². The Kier molecular flexibility index (Phi) is 4.75. The number of nitrogens with one attached hydrogen (secondary N) is 1. The second-order valence-electron chi connectivity index (χ2n) is 5.68. The van der Waals surface area contributed by atoms with Crippen molar-refractivity contribution in [3.8, 4) is 0 Å². The van der Waals surface area contributed by atoms with Crippen molar-refractivity contribution in [3.63, 3.8) is 0 Å². The molecule has 1 aliphatic rings. The highest BCUT2D eigenvalue weighted by molar-refractivity contribution is 5.79. The normalized spacial score (nSPS) is 33.6. The van der Waals surface area contributed by atoms with E-state index < -0.39 is 11.5 Å². The van der Waals surface area contributed by atoms with E-state index in [0.717, 1.165) is 19.3 Å². The molecule has 0 radical (unpaired) electrons. The molecule has 3 unspecified atom stereocenters. The van der Waals surface area contributed by atoms with Crippen LogP contribution in [0, 0.1) is 17.8 Å². The highest BCUT2D eigenvalue weighted by Gasteiger charge is 2.49. The van der Waals surface area contributed by atoms with E-state index in [4.69, 9.17) is 0 Å². The lowest BCUT2D eigenvalue weighted by Crippen LogP contribution is -2.61. The molecule has 2 N–H and O–H groups in total. The Hall–Kier alpha value is -0.830. The largest absolute Gasteiger partial charge is 0.480 e. The maximum absolute atomic E-state index is 11.7. The summed E-state index contributed by atoms with van der Waals surface area (Å²) in [5.74, 6) is 0.357. The molecule has 0 aromatic rings. The average molecular weight is 239 g/mol.